The molecule has 2 nitrogen and oxygen atoms in total. The Bertz CT molecular complexity index is 867. The number of rotatable bonds is 2. The first kappa shape index (κ1) is 19.1. The molecule has 3 heteroatoms. The Morgan fingerprint density at radius 1 is 1.04 bits per heavy atom. The van der Waals surface area contributed by atoms with Crippen LogP contribution >= 0.6 is 0 Å². The Hall–Kier alpha value is -2.19. The Labute approximate surface area is 160 Å². The normalized spacial score (nSPS) is 17.2. The van der Waals surface area contributed by atoms with E-state index in [-0.39, 0.29) is 17.1 Å². The summed E-state index contributed by atoms with van der Waals surface area (Å²) in [5.74, 6) is 0. The van der Waals surface area contributed by atoms with Crippen LogP contribution < -0.4 is 10.6 Å². The van der Waals surface area contributed by atoms with Crippen molar-refractivity contribution in [1.29, 1.82) is 0 Å². The number of hydrogen-bond acceptors (Lipinski definition) is 2. The van der Waals surface area contributed by atoms with Crippen molar-refractivity contribution in [2.75, 3.05) is 20.6 Å². The van der Waals surface area contributed by atoms with Crippen molar-refractivity contribution in [2.24, 2.45) is 0 Å². The maximum atomic E-state index is 4.35. The van der Waals surface area contributed by atoms with Gasteiger partial charge in [-0.25, -0.2) is 12.1 Å². The minimum Gasteiger partial charge on any atom is -0.305 e. The standard InChI is InChI=1S/C17H17N2.C5H5.Fe/c1-19(2)12-13-5-6-14(10-13)15-7-8-17-16(11-15)4-3-9-18-17;1-2-4-5-3-1;/h3-11H,12H2,1-2H3;1-5H;/q2*-1;+2/b15-14+;;. The zero-order valence-electron chi connectivity index (χ0n) is 14.5. The first-order valence-corrected chi connectivity index (χ1v) is 8.14. The summed E-state index contributed by atoms with van der Waals surface area (Å²) in [6.45, 7) is 0.981. The van der Waals surface area contributed by atoms with Crippen LogP contribution in [0, 0.1) is 6.42 Å². The van der Waals surface area contributed by atoms with E-state index >= 15 is 0 Å². The van der Waals surface area contributed by atoms with Crippen molar-refractivity contribution < 1.29 is 17.1 Å². The van der Waals surface area contributed by atoms with Crippen molar-refractivity contribution in [3.63, 3.8) is 0 Å². The molecule has 0 spiro atoms. The van der Waals surface area contributed by atoms with E-state index in [2.05, 4.69) is 66.8 Å². The van der Waals surface area contributed by atoms with Crippen LogP contribution in [0.3, 0.4) is 0 Å². The third kappa shape index (κ3) is 5.40. The molecular weight excluding hydrogens is 348 g/mol. The molecule has 128 valence electrons. The minimum absolute atomic E-state index is 0. The Morgan fingerprint density at radius 3 is 2.52 bits per heavy atom. The van der Waals surface area contributed by atoms with Crippen LogP contribution in [-0.4, -0.2) is 30.5 Å². The molecule has 0 aliphatic heterocycles. The number of pyridine rings is 1. The van der Waals surface area contributed by atoms with Crippen LogP contribution in [-0.2, 0) is 17.1 Å². The number of fused-ring (bicyclic) bond motifs is 1. The maximum absolute atomic E-state index is 4.35. The SMILES string of the molecule is CN(C)CC1=C/C(=C2/C=c3cccnc3=C[CH-]2)C=C1.[Fe+2].c1cc[cH-]c1. The molecule has 0 N–H and O–H groups in total. The molecule has 2 aromatic rings. The summed E-state index contributed by atoms with van der Waals surface area (Å²) in [4.78, 5) is 6.54. The molecule has 1 heterocycles. The van der Waals surface area contributed by atoms with Crippen molar-refractivity contribution in [1.82, 2.24) is 9.88 Å². The Morgan fingerprint density at radius 2 is 1.84 bits per heavy atom. The molecule has 2 aliphatic rings. The molecule has 0 unspecified atom stereocenters. The summed E-state index contributed by atoms with van der Waals surface area (Å²) < 4.78 is 0. The summed E-state index contributed by atoms with van der Waals surface area (Å²) >= 11 is 0. The van der Waals surface area contributed by atoms with Crippen LogP contribution in [0.5, 0.6) is 0 Å². The van der Waals surface area contributed by atoms with Gasteiger partial charge in [0, 0.05) is 12.7 Å². The van der Waals surface area contributed by atoms with Gasteiger partial charge in [0.15, 0.2) is 0 Å². The molecule has 25 heavy (non-hydrogen) atoms. The van der Waals surface area contributed by atoms with Crippen LogP contribution in [0.4, 0.5) is 0 Å². The Kier molecular flexibility index (Phi) is 7.15. The van der Waals surface area contributed by atoms with E-state index in [4.69, 9.17) is 0 Å². The topological polar surface area (TPSA) is 16.1 Å². The molecule has 0 amide bonds. The van der Waals surface area contributed by atoms with Gasteiger partial charge in [-0.05, 0) is 31.1 Å². The molecule has 0 fully saturated rings. The molecule has 0 bridgehead atoms. The van der Waals surface area contributed by atoms with E-state index in [1.165, 1.54) is 21.9 Å². The largest absolute Gasteiger partial charge is 2.00 e. The van der Waals surface area contributed by atoms with E-state index < -0.39 is 0 Å². The maximum Gasteiger partial charge on any atom is 2.00 e. The first-order valence-electron chi connectivity index (χ1n) is 8.14. The molecule has 4 rings (SSSR count). The van der Waals surface area contributed by atoms with E-state index in [1.54, 1.807) is 0 Å². The van der Waals surface area contributed by atoms with Crippen molar-refractivity contribution in [3.8, 4) is 0 Å². The number of nitrogens with zero attached hydrogens (tertiary/aromatic N) is 2. The fourth-order valence-corrected chi connectivity index (χ4v) is 2.71. The van der Waals surface area contributed by atoms with Gasteiger partial charge < -0.3 is 9.88 Å². The molecule has 2 aliphatic carbocycles. The number of allylic oxidation sites excluding steroid dienone is 4. The first-order chi connectivity index (χ1) is 11.7. The molecule has 0 radical (unpaired) electrons. The van der Waals surface area contributed by atoms with Gasteiger partial charge in [-0.1, -0.05) is 35.1 Å². The van der Waals surface area contributed by atoms with Crippen LogP contribution in [0.25, 0.3) is 12.2 Å². The predicted octanol–water partition coefficient (Wildman–Crippen LogP) is 2.62. The van der Waals surface area contributed by atoms with Gasteiger partial charge in [0.25, 0.3) is 0 Å². The average molecular weight is 370 g/mol. The van der Waals surface area contributed by atoms with Crippen molar-refractivity contribution in [2.45, 2.75) is 0 Å². The quantitative estimate of drug-likeness (QED) is 0.597. The van der Waals surface area contributed by atoms with Gasteiger partial charge in [0.1, 0.15) is 0 Å². The summed E-state index contributed by atoms with van der Waals surface area (Å²) in [6.07, 6.45) is 14.9. The zero-order valence-corrected chi connectivity index (χ0v) is 15.6. The fraction of sp³-hybridized carbons (Fsp3) is 0.136. The van der Waals surface area contributed by atoms with E-state index in [0.717, 1.165) is 11.9 Å². The second-order valence-electron chi connectivity index (χ2n) is 6.12. The molecule has 1 aromatic heterocycles. The van der Waals surface area contributed by atoms with Crippen molar-refractivity contribution in [3.05, 3.63) is 101 Å². The zero-order chi connectivity index (χ0) is 16.8. The van der Waals surface area contributed by atoms with E-state index in [9.17, 15) is 0 Å². The monoisotopic (exact) mass is 370 g/mol. The van der Waals surface area contributed by atoms with Gasteiger partial charge >= 0.3 is 17.1 Å². The summed E-state index contributed by atoms with van der Waals surface area (Å²) in [5, 5.41) is 2.24. The van der Waals surface area contributed by atoms with Gasteiger partial charge in [-0.3, -0.25) is 0 Å². The molecule has 0 atom stereocenters. The van der Waals surface area contributed by atoms with Crippen molar-refractivity contribution >= 4 is 12.2 Å². The fourth-order valence-electron chi connectivity index (χ4n) is 2.71. The molecule has 1 aromatic carbocycles. The number of likely N-dealkylation sites (N-methyl/N-ethyl adjacent to an activating group) is 1. The Balaban J connectivity index is 0.000000325. The summed E-state index contributed by atoms with van der Waals surface area (Å²) in [6, 6.07) is 14.1. The van der Waals surface area contributed by atoms with Gasteiger partial charge in [0.2, 0.25) is 0 Å². The molecular formula is C22H22FeN2. The van der Waals surface area contributed by atoms with Gasteiger partial charge in [-0.15, -0.1) is 24.1 Å². The van der Waals surface area contributed by atoms with Gasteiger partial charge in [-0.2, -0.15) is 18.2 Å². The van der Waals surface area contributed by atoms with Gasteiger partial charge in [0.05, 0.1) is 0 Å². The smallest absolute Gasteiger partial charge is 0.305 e. The summed E-state index contributed by atoms with van der Waals surface area (Å²) in [7, 11) is 4.18. The molecule has 0 saturated heterocycles. The van der Waals surface area contributed by atoms with Crippen LogP contribution in [0.15, 0.2) is 83.6 Å². The average Bonchev–Trinajstić information content (AvgIpc) is 3.28. The second-order valence-corrected chi connectivity index (χ2v) is 6.12. The second kappa shape index (κ2) is 9.33. The van der Waals surface area contributed by atoms with Crippen LogP contribution in [0.2, 0.25) is 0 Å². The molecule has 0 saturated carbocycles. The van der Waals surface area contributed by atoms with E-state index in [1.807, 2.05) is 42.6 Å². The number of aromatic nitrogens is 1. The minimum atomic E-state index is 0. The predicted molar refractivity (Wildman–Crippen MR) is 102 cm³/mol. The summed E-state index contributed by atoms with van der Waals surface area (Å²) in [5.41, 5.74) is 3.89. The number of hydrogen-bond donors (Lipinski definition) is 0. The van der Waals surface area contributed by atoms with E-state index in [0.29, 0.717) is 0 Å². The third-order valence-electron chi connectivity index (χ3n) is 3.81. The van der Waals surface area contributed by atoms with Crippen LogP contribution in [0.1, 0.15) is 0 Å². The third-order valence-corrected chi connectivity index (χ3v) is 3.81.